The number of piperazine rings is 1. The van der Waals surface area contributed by atoms with Gasteiger partial charge in [-0.15, -0.1) is 11.3 Å². The highest BCUT2D eigenvalue weighted by Crippen LogP contribution is 2.20. The molecule has 23 heavy (non-hydrogen) atoms. The van der Waals surface area contributed by atoms with Crippen molar-refractivity contribution in [2.24, 2.45) is 0 Å². The number of hydrogen-bond donors (Lipinski definition) is 3. The van der Waals surface area contributed by atoms with Gasteiger partial charge in [-0.2, -0.15) is 0 Å². The summed E-state index contributed by atoms with van der Waals surface area (Å²) < 4.78 is 1.28. The first-order valence-corrected chi connectivity index (χ1v) is 9.34. The van der Waals surface area contributed by atoms with Gasteiger partial charge < -0.3 is 15.1 Å². The van der Waals surface area contributed by atoms with Crippen LogP contribution in [0.15, 0.2) is 24.3 Å². The minimum Gasteiger partial charge on any atom is -0.351 e. The predicted octanol–water partition coefficient (Wildman–Crippen LogP) is -0.894. The van der Waals surface area contributed by atoms with Crippen LogP contribution in [0, 0.1) is 0 Å². The number of aromatic nitrogens is 1. The summed E-state index contributed by atoms with van der Waals surface area (Å²) in [5.74, 6) is 0.191. The zero-order valence-electron chi connectivity index (χ0n) is 13.7. The minimum atomic E-state index is 0.191. The quantitative estimate of drug-likeness (QED) is 0.642. The molecule has 0 unspecified atom stereocenters. The molecule has 0 spiro atoms. The van der Waals surface area contributed by atoms with Crippen LogP contribution in [0.1, 0.15) is 18.4 Å². The van der Waals surface area contributed by atoms with Crippen molar-refractivity contribution >= 4 is 27.5 Å². The molecule has 1 aromatic carbocycles. The molecule has 1 aliphatic rings. The molecule has 1 fully saturated rings. The molecule has 1 aromatic heterocycles. The van der Waals surface area contributed by atoms with Crippen LogP contribution in [0.4, 0.5) is 0 Å². The molecule has 1 amide bonds. The number of para-hydroxylation sites is 1. The molecule has 6 heteroatoms. The van der Waals surface area contributed by atoms with E-state index >= 15 is 0 Å². The standard InChI is InChI=1S/C17H24N4OS/c1-2-7-18-16(22)12-20-8-10-21(11-9-20)13-17-19-14-5-3-4-6-15(14)23-17/h3-6H,2,7-13H2,1H3,(H,18,22)/p+2. The van der Waals surface area contributed by atoms with Gasteiger partial charge in [0.2, 0.25) is 0 Å². The van der Waals surface area contributed by atoms with Gasteiger partial charge in [0.1, 0.15) is 37.7 Å². The summed E-state index contributed by atoms with van der Waals surface area (Å²) in [6.45, 7) is 8.87. The van der Waals surface area contributed by atoms with Gasteiger partial charge >= 0.3 is 0 Å². The molecule has 5 nitrogen and oxygen atoms in total. The number of thiazole rings is 1. The lowest BCUT2D eigenvalue weighted by Gasteiger charge is -2.28. The lowest BCUT2D eigenvalue weighted by atomic mass is 10.3. The van der Waals surface area contributed by atoms with Crippen molar-refractivity contribution in [2.75, 3.05) is 39.3 Å². The van der Waals surface area contributed by atoms with Crippen LogP contribution >= 0.6 is 11.3 Å². The van der Waals surface area contributed by atoms with E-state index in [4.69, 9.17) is 4.98 Å². The van der Waals surface area contributed by atoms with Gasteiger partial charge in [-0.05, 0) is 18.6 Å². The maximum atomic E-state index is 11.8. The Balaban J connectivity index is 1.46. The first-order valence-electron chi connectivity index (χ1n) is 8.53. The van der Waals surface area contributed by atoms with Gasteiger partial charge in [-0.1, -0.05) is 19.1 Å². The van der Waals surface area contributed by atoms with Crippen LogP contribution in [-0.4, -0.2) is 50.2 Å². The number of hydrogen-bond acceptors (Lipinski definition) is 3. The van der Waals surface area contributed by atoms with E-state index in [0.29, 0.717) is 6.54 Å². The lowest BCUT2D eigenvalue weighted by molar-refractivity contribution is -1.02. The minimum absolute atomic E-state index is 0.191. The van der Waals surface area contributed by atoms with E-state index in [1.165, 1.54) is 14.6 Å². The van der Waals surface area contributed by atoms with Gasteiger partial charge in [0.25, 0.3) is 5.91 Å². The molecule has 2 heterocycles. The maximum absolute atomic E-state index is 11.8. The molecule has 3 rings (SSSR count). The molecule has 124 valence electrons. The van der Waals surface area contributed by atoms with Gasteiger partial charge in [0, 0.05) is 6.54 Å². The Kier molecular flexibility index (Phi) is 5.59. The number of nitrogens with zero attached hydrogens (tertiary/aromatic N) is 1. The van der Waals surface area contributed by atoms with E-state index in [-0.39, 0.29) is 5.91 Å². The predicted molar refractivity (Wildman–Crippen MR) is 92.9 cm³/mol. The number of rotatable bonds is 6. The topological polar surface area (TPSA) is 50.9 Å². The Morgan fingerprint density at radius 3 is 2.70 bits per heavy atom. The molecule has 0 aliphatic carbocycles. The summed E-state index contributed by atoms with van der Waals surface area (Å²) in [7, 11) is 0. The second kappa shape index (κ2) is 7.86. The molecule has 2 aromatic rings. The number of amides is 1. The third kappa shape index (κ3) is 4.50. The summed E-state index contributed by atoms with van der Waals surface area (Å²) in [6.07, 6.45) is 1.00. The van der Waals surface area contributed by atoms with Crippen LogP contribution < -0.4 is 15.1 Å². The molecule has 0 radical (unpaired) electrons. The van der Waals surface area contributed by atoms with Crippen molar-refractivity contribution in [1.29, 1.82) is 0 Å². The Bertz CT molecular complexity index is 616. The number of carbonyl (C=O) groups is 1. The fraction of sp³-hybridized carbons (Fsp3) is 0.529. The highest BCUT2D eigenvalue weighted by molar-refractivity contribution is 7.18. The van der Waals surface area contributed by atoms with Crippen LogP contribution in [0.3, 0.4) is 0 Å². The van der Waals surface area contributed by atoms with Gasteiger partial charge in [0.05, 0.1) is 10.2 Å². The van der Waals surface area contributed by atoms with Gasteiger partial charge in [-0.25, -0.2) is 4.98 Å². The Hall–Kier alpha value is -1.50. The molecular formula is C17H26N4OS+2. The number of nitrogens with one attached hydrogen (secondary N) is 3. The highest BCUT2D eigenvalue weighted by atomic mass is 32.1. The normalized spacial score (nSPS) is 21.4. The number of fused-ring (bicyclic) bond motifs is 1. The molecule has 0 atom stereocenters. The van der Waals surface area contributed by atoms with Crippen molar-refractivity contribution in [1.82, 2.24) is 10.3 Å². The zero-order chi connectivity index (χ0) is 16.1. The van der Waals surface area contributed by atoms with E-state index in [0.717, 1.165) is 51.2 Å². The molecule has 0 bridgehead atoms. The van der Waals surface area contributed by atoms with Crippen LogP contribution in [0.2, 0.25) is 0 Å². The first kappa shape index (κ1) is 16.4. The van der Waals surface area contributed by atoms with Gasteiger partial charge in [0.15, 0.2) is 6.54 Å². The van der Waals surface area contributed by atoms with E-state index < -0.39 is 0 Å². The fourth-order valence-corrected chi connectivity index (χ4v) is 4.11. The second-order valence-corrected chi connectivity index (χ2v) is 7.39. The van der Waals surface area contributed by atoms with E-state index in [2.05, 4.69) is 30.4 Å². The Labute approximate surface area is 141 Å². The average molecular weight is 334 g/mol. The zero-order valence-corrected chi connectivity index (χ0v) is 14.5. The van der Waals surface area contributed by atoms with E-state index in [1.54, 1.807) is 4.90 Å². The number of carbonyl (C=O) groups excluding carboxylic acids is 1. The number of quaternary nitrogens is 2. The highest BCUT2D eigenvalue weighted by Gasteiger charge is 2.25. The van der Waals surface area contributed by atoms with Crippen molar-refractivity contribution < 1.29 is 14.6 Å². The second-order valence-electron chi connectivity index (χ2n) is 6.28. The summed E-state index contributed by atoms with van der Waals surface area (Å²) in [4.78, 5) is 19.5. The number of benzene rings is 1. The van der Waals surface area contributed by atoms with E-state index in [1.807, 2.05) is 17.4 Å². The third-order valence-corrected chi connectivity index (χ3v) is 5.42. The van der Waals surface area contributed by atoms with Crippen molar-refractivity contribution in [3.8, 4) is 0 Å². The largest absolute Gasteiger partial charge is 0.351 e. The first-order chi connectivity index (χ1) is 11.2. The lowest BCUT2D eigenvalue weighted by Crippen LogP contribution is -3.28. The van der Waals surface area contributed by atoms with Crippen LogP contribution in [0.5, 0.6) is 0 Å². The molecule has 1 aliphatic heterocycles. The molecular weight excluding hydrogens is 308 g/mol. The summed E-state index contributed by atoms with van der Waals surface area (Å²) in [5, 5.41) is 4.20. The summed E-state index contributed by atoms with van der Waals surface area (Å²) in [6, 6.07) is 8.35. The monoisotopic (exact) mass is 334 g/mol. The van der Waals surface area contributed by atoms with Gasteiger partial charge in [-0.3, -0.25) is 4.79 Å². The van der Waals surface area contributed by atoms with Crippen LogP contribution in [-0.2, 0) is 11.3 Å². The molecule has 1 saturated heterocycles. The molecule has 3 N–H and O–H groups in total. The maximum Gasteiger partial charge on any atom is 0.275 e. The van der Waals surface area contributed by atoms with Crippen molar-refractivity contribution in [3.05, 3.63) is 29.3 Å². The summed E-state index contributed by atoms with van der Waals surface area (Å²) >= 11 is 1.81. The molecule has 0 saturated carbocycles. The SMILES string of the molecule is CCCNC(=O)C[NH+]1CC[NH+](Cc2nc3ccccc3s2)CC1. The fourth-order valence-electron chi connectivity index (χ4n) is 3.07. The Morgan fingerprint density at radius 2 is 1.96 bits per heavy atom. The van der Waals surface area contributed by atoms with Crippen LogP contribution in [0.25, 0.3) is 10.2 Å². The Morgan fingerprint density at radius 1 is 1.22 bits per heavy atom. The van der Waals surface area contributed by atoms with E-state index in [9.17, 15) is 4.79 Å². The summed E-state index contributed by atoms with van der Waals surface area (Å²) in [5.41, 5.74) is 1.11. The third-order valence-electron chi connectivity index (χ3n) is 4.39. The average Bonchev–Trinajstić information content (AvgIpc) is 2.97. The van der Waals surface area contributed by atoms with Crippen molar-refractivity contribution in [3.63, 3.8) is 0 Å². The smallest absolute Gasteiger partial charge is 0.275 e. The van der Waals surface area contributed by atoms with Crippen molar-refractivity contribution in [2.45, 2.75) is 19.9 Å².